The predicted molar refractivity (Wildman–Crippen MR) is 110 cm³/mol. The molecule has 1 aliphatic carbocycles. The van der Waals surface area contributed by atoms with Crippen molar-refractivity contribution in [3.63, 3.8) is 0 Å². The van der Waals surface area contributed by atoms with Crippen LogP contribution in [0.1, 0.15) is 46.7 Å². The number of alkyl halides is 2. The Morgan fingerprint density at radius 3 is 2.84 bits per heavy atom. The molecule has 6 nitrogen and oxygen atoms in total. The van der Waals surface area contributed by atoms with Crippen LogP contribution >= 0.6 is 0 Å². The number of fused-ring (bicyclic) bond motifs is 1. The third-order valence-corrected chi connectivity index (χ3v) is 5.58. The molecule has 4 aromatic rings. The maximum absolute atomic E-state index is 12.4. The quantitative estimate of drug-likeness (QED) is 0.487. The number of aromatic amines is 1. The van der Waals surface area contributed by atoms with Gasteiger partial charge in [0.2, 0.25) is 11.4 Å². The number of halogens is 2. The minimum absolute atomic E-state index is 0.116. The first-order chi connectivity index (χ1) is 15.0. The van der Waals surface area contributed by atoms with Crippen molar-refractivity contribution in [1.29, 1.82) is 0 Å². The van der Waals surface area contributed by atoms with Gasteiger partial charge in [-0.25, -0.2) is 0 Å². The number of aromatic nitrogens is 3. The normalized spacial score (nSPS) is 17.9. The molecule has 2 aromatic heterocycles. The summed E-state index contributed by atoms with van der Waals surface area (Å²) in [5, 5.41) is 5.07. The van der Waals surface area contributed by atoms with Crippen molar-refractivity contribution in [1.82, 2.24) is 15.1 Å². The van der Waals surface area contributed by atoms with Gasteiger partial charge in [-0.1, -0.05) is 23.4 Å². The maximum atomic E-state index is 12.4. The molecule has 1 saturated carbocycles. The number of H-pyrrole nitrogens is 1. The Kier molecular flexibility index (Phi) is 4.77. The van der Waals surface area contributed by atoms with Gasteiger partial charge in [-0.3, -0.25) is 4.79 Å². The van der Waals surface area contributed by atoms with Crippen LogP contribution < -0.4 is 10.3 Å². The van der Waals surface area contributed by atoms with Crippen LogP contribution in [0.25, 0.3) is 10.9 Å². The highest BCUT2D eigenvalue weighted by molar-refractivity contribution is 5.79. The topological polar surface area (TPSA) is 81.0 Å². The van der Waals surface area contributed by atoms with Crippen molar-refractivity contribution in [3.05, 3.63) is 87.3 Å². The molecule has 2 unspecified atom stereocenters. The highest BCUT2D eigenvalue weighted by Gasteiger charge is 2.43. The molecule has 0 amide bonds. The van der Waals surface area contributed by atoms with Crippen LogP contribution in [0.5, 0.6) is 5.75 Å². The van der Waals surface area contributed by atoms with E-state index in [0.29, 0.717) is 29.6 Å². The first-order valence-electron chi connectivity index (χ1n) is 9.96. The van der Waals surface area contributed by atoms with Crippen molar-refractivity contribution >= 4 is 10.9 Å². The molecular weight excluding hydrogens is 404 g/mol. The lowest BCUT2D eigenvalue weighted by Crippen LogP contribution is -2.03. The molecule has 8 heteroatoms. The minimum Gasteiger partial charge on any atom is -0.435 e. The maximum Gasteiger partial charge on any atom is 0.387 e. The smallest absolute Gasteiger partial charge is 0.387 e. The van der Waals surface area contributed by atoms with E-state index in [2.05, 4.69) is 25.9 Å². The Labute approximate surface area is 175 Å². The van der Waals surface area contributed by atoms with E-state index in [4.69, 9.17) is 4.52 Å². The molecule has 1 N–H and O–H groups in total. The van der Waals surface area contributed by atoms with Crippen molar-refractivity contribution in [2.75, 3.05) is 0 Å². The van der Waals surface area contributed by atoms with E-state index in [-0.39, 0.29) is 17.2 Å². The number of ether oxygens (including phenoxy) is 1. The second kappa shape index (κ2) is 7.61. The van der Waals surface area contributed by atoms with Gasteiger partial charge in [0.15, 0.2) is 5.82 Å². The molecule has 2 aromatic carbocycles. The van der Waals surface area contributed by atoms with Gasteiger partial charge in [-0.15, -0.1) is 0 Å². The minimum atomic E-state index is -2.85. The van der Waals surface area contributed by atoms with Crippen LogP contribution in [0.15, 0.2) is 57.8 Å². The average Bonchev–Trinajstić information content (AvgIpc) is 3.40. The van der Waals surface area contributed by atoms with Crippen molar-refractivity contribution in [2.45, 2.75) is 38.2 Å². The van der Waals surface area contributed by atoms with E-state index in [1.165, 1.54) is 17.7 Å². The number of nitrogens with zero attached hydrogens (tertiary/aromatic N) is 2. The first kappa shape index (κ1) is 19.4. The Bertz CT molecular complexity index is 1310. The molecule has 2 heterocycles. The monoisotopic (exact) mass is 423 g/mol. The molecule has 31 heavy (non-hydrogen) atoms. The van der Waals surface area contributed by atoms with Gasteiger partial charge in [0.25, 0.3) is 0 Å². The second-order valence-corrected chi connectivity index (χ2v) is 7.82. The van der Waals surface area contributed by atoms with E-state index < -0.39 is 6.61 Å². The Hall–Kier alpha value is -3.55. The van der Waals surface area contributed by atoms with Gasteiger partial charge in [0, 0.05) is 23.9 Å². The van der Waals surface area contributed by atoms with Gasteiger partial charge in [0.1, 0.15) is 5.75 Å². The highest BCUT2D eigenvalue weighted by Crippen LogP contribution is 2.54. The summed E-state index contributed by atoms with van der Waals surface area (Å²) in [7, 11) is 0. The molecule has 1 fully saturated rings. The van der Waals surface area contributed by atoms with Gasteiger partial charge in [-0.2, -0.15) is 13.8 Å². The van der Waals surface area contributed by atoms with Crippen LogP contribution in [0.4, 0.5) is 8.78 Å². The number of pyridine rings is 1. The Morgan fingerprint density at radius 2 is 2.03 bits per heavy atom. The fourth-order valence-electron chi connectivity index (χ4n) is 3.96. The molecule has 1 aliphatic rings. The summed E-state index contributed by atoms with van der Waals surface area (Å²) < 4.78 is 34.8. The average molecular weight is 423 g/mol. The van der Waals surface area contributed by atoms with Gasteiger partial charge < -0.3 is 14.2 Å². The lowest BCUT2D eigenvalue weighted by molar-refractivity contribution is -0.0503. The summed E-state index contributed by atoms with van der Waals surface area (Å²) in [5.74, 6) is 1.80. The fourth-order valence-corrected chi connectivity index (χ4v) is 3.96. The molecule has 2 atom stereocenters. The molecule has 0 bridgehead atoms. The van der Waals surface area contributed by atoms with Crippen molar-refractivity contribution in [2.24, 2.45) is 0 Å². The second-order valence-electron chi connectivity index (χ2n) is 7.82. The lowest BCUT2D eigenvalue weighted by atomic mass is 10.1. The summed E-state index contributed by atoms with van der Waals surface area (Å²) in [6, 6.07) is 14.4. The first-order valence-corrected chi connectivity index (χ1v) is 9.96. The van der Waals surface area contributed by atoms with E-state index >= 15 is 0 Å². The van der Waals surface area contributed by atoms with E-state index in [1.807, 2.05) is 18.2 Å². The van der Waals surface area contributed by atoms with E-state index in [9.17, 15) is 13.6 Å². The SMILES string of the molecule is Cc1cc(Cc2noc(C3CC3c3ccc4[nH]c(=O)ccc4c3)n2)ccc1OC(F)F. The summed E-state index contributed by atoms with van der Waals surface area (Å²) >= 11 is 0. The molecule has 5 rings (SSSR count). The molecule has 158 valence electrons. The fraction of sp³-hybridized carbons (Fsp3) is 0.261. The lowest BCUT2D eigenvalue weighted by Gasteiger charge is -2.08. The largest absolute Gasteiger partial charge is 0.435 e. The van der Waals surface area contributed by atoms with Crippen LogP contribution in [-0.2, 0) is 6.42 Å². The number of benzene rings is 2. The Morgan fingerprint density at radius 1 is 1.16 bits per heavy atom. The van der Waals surface area contributed by atoms with Crippen LogP contribution in [0, 0.1) is 6.92 Å². The Balaban J connectivity index is 1.28. The number of aryl methyl sites for hydroxylation is 1. The van der Waals surface area contributed by atoms with E-state index in [1.54, 1.807) is 19.1 Å². The van der Waals surface area contributed by atoms with Gasteiger partial charge in [0.05, 0.1) is 0 Å². The zero-order valence-corrected chi connectivity index (χ0v) is 16.6. The van der Waals surface area contributed by atoms with Crippen molar-refractivity contribution < 1.29 is 18.0 Å². The molecular formula is C23H19F2N3O3. The number of hydrogen-bond acceptors (Lipinski definition) is 5. The number of nitrogens with one attached hydrogen (secondary N) is 1. The standard InChI is InChI=1S/C23H19F2N3O3/c1-12-8-13(2-6-19(12)30-23(24)25)9-20-27-22(31-28-20)17-11-16(17)14-3-5-18-15(10-14)4-7-21(29)26-18/h2-8,10,16-17,23H,9,11H2,1H3,(H,26,29). The summed E-state index contributed by atoms with van der Waals surface area (Å²) in [4.78, 5) is 18.8. The van der Waals surface area contributed by atoms with Crippen molar-refractivity contribution in [3.8, 4) is 5.75 Å². The zero-order chi connectivity index (χ0) is 21.5. The third-order valence-electron chi connectivity index (χ3n) is 5.58. The summed E-state index contributed by atoms with van der Waals surface area (Å²) in [5.41, 5.74) is 3.39. The highest BCUT2D eigenvalue weighted by atomic mass is 19.3. The molecule has 0 aliphatic heterocycles. The molecule has 0 radical (unpaired) electrons. The van der Waals surface area contributed by atoms with Gasteiger partial charge in [-0.05, 0) is 65.6 Å². The van der Waals surface area contributed by atoms with Crippen LogP contribution in [-0.4, -0.2) is 21.7 Å². The van der Waals surface area contributed by atoms with Crippen LogP contribution in [0.2, 0.25) is 0 Å². The number of hydrogen-bond donors (Lipinski definition) is 1. The molecule has 0 saturated heterocycles. The summed E-state index contributed by atoms with van der Waals surface area (Å²) in [6.07, 6.45) is 1.37. The zero-order valence-electron chi connectivity index (χ0n) is 16.6. The van der Waals surface area contributed by atoms with Crippen LogP contribution in [0.3, 0.4) is 0 Å². The number of rotatable bonds is 6. The predicted octanol–water partition coefficient (Wildman–Crippen LogP) is 4.68. The van der Waals surface area contributed by atoms with E-state index in [0.717, 1.165) is 22.9 Å². The third kappa shape index (κ3) is 4.05. The summed E-state index contributed by atoms with van der Waals surface area (Å²) in [6.45, 7) is -1.13. The molecule has 0 spiro atoms. The van der Waals surface area contributed by atoms with Gasteiger partial charge >= 0.3 is 6.61 Å².